The van der Waals surface area contributed by atoms with Gasteiger partial charge in [-0.05, 0) is 56.5 Å². The lowest BCUT2D eigenvalue weighted by molar-refractivity contribution is -0.00383. The quantitative estimate of drug-likeness (QED) is 0.246. The van der Waals surface area contributed by atoms with E-state index in [1.54, 1.807) is 28.1 Å². The van der Waals surface area contributed by atoms with Gasteiger partial charge in [-0.15, -0.1) is 0 Å². The predicted molar refractivity (Wildman–Crippen MR) is 159 cm³/mol. The van der Waals surface area contributed by atoms with Gasteiger partial charge in [0, 0.05) is 42.5 Å². The van der Waals surface area contributed by atoms with E-state index in [9.17, 15) is 23.7 Å². The molecule has 1 atom stereocenters. The van der Waals surface area contributed by atoms with Gasteiger partial charge in [-0.3, -0.25) is 9.36 Å². The van der Waals surface area contributed by atoms with E-state index in [1.807, 2.05) is 4.57 Å². The molecule has 2 N–H and O–H groups in total. The number of piperidine rings is 1. The first-order valence-corrected chi connectivity index (χ1v) is 15.3. The number of rotatable bonds is 9. The van der Waals surface area contributed by atoms with Crippen LogP contribution in [0.2, 0.25) is 0 Å². The summed E-state index contributed by atoms with van der Waals surface area (Å²) in [4.78, 5) is 26.2. The number of nitrogens with zero attached hydrogens (tertiary/aromatic N) is 3. The van der Waals surface area contributed by atoms with Crippen molar-refractivity contribution < 1.29 is 37.3 Å². The zero-order chi connectivity index (χ0) is 30.5. The Morgan fingerprint density at radius 3 is 2.49 bits per heavy atom. The molecule has 3 fully saturated rings. The van der Waals surface area contributed by atoms with Crippen LogP contribution in [0.5, 0.6) is 5.75 Å². The smallest absolute Gasteiger partial charge is 0.317 e. The Hall–Kier alpha value is -3.86. The van der Waals surface area contributed by atoms with Crippen LogP contribution in [-0.2, 0) is 13.8 Å². The van der Waals surface area contributed by atoms with Crippen LogP contribution < -0.4 is 20.0 Å². The maximum absolute atomic E-state index is 15.5. The maximum Gasteiger partial charge on any atom is 0.317 e. The molecule has 228 valence electrons. The van der Waals surface area contributed by atoms with Crippen molar-refractivity contribution in [3.8, 4) is 5.75 Å². The molecule has 3 aromatic rings. The average molecular weight is 616 g/mol. The molecule has 3 aliphatic rings. The lowest BCUT2D eigenvalue weighted by Gasteiger charge is -2.41. The van der Waals surface area contributed by atoms with E-state index in [-0.39, 0.29) is 66.7 Å². The first-order valence-electron chi connectivity index (χ1n) is 14.0. The number of aliphatic hydroxyl groups excluding tert-OH is 1. The average Bonchev–Trinajstić information content (AvgIpc) is 3.72. The number of hydrogen-bond acceptors (Lipinski definition) is 8. The van der Waals surface area contributed by atoms with Gasteiger partial charge in [0.15, 0.2) is 22.9 Å². The van der Waals surface area contributed by atoms with Crippen LogP contribution in [0.1, 0.15) is 37.3 Å². The number of halogens is 2. The fourth-order valence-corrected chi connectivity index (χ4v) is 6.43. The van der Waals surface area contributed by atoms with Crippen molar-refractivity contribution in [2.24, 2.45) is 0 Å². The summed E-state index contributed by atoms with van der Waals surface area (Å²) in [5.74, 6) is -1.21. The number of pyridine rings is 1. The molecule has 0 bridgehead atoms. The second-order valence-corrected chi connectivity index (χ2v) is 11.8. The molecule has 1 aromatic heterocycles. The van der Waals surface area contributed by atoms with Gasteiger partial charge in [-0.1, -0.05) is 6.58 Å². The van der Waals surface area contributed by atoms with Crippen molar-refractivity contribution in [2.75, 3.05) is 42.6 Å². The summed E-state index contributed by atoms with van der Waals surface area (Å²) in [6.45, 7) is 8.59. The minimum Gasteiger partial charge on any atom is -0.508 e. The third-order valence-electron chi connectivity index (χ3n) is 8.27. The second kappa shape index (κ2) is 11.3. The van der Waals surface area contributed by atoms with E-state index in [2.05, 4.69) is 13.2 Å². The molecule has 6 rings (SSSR count). The van der Waals surface area contributed by atoms with Crippen LogP contribution in [0.15, 0.2) is 60.4 Å². The van der Waals surface area contributed by atoms with Gasteiger partial charge in [-0.2, -0.15) is 0 Å². The zero-order valence-corrected chi connectivity index (χ0v) is 24.4. The third-order valence-corrected chi connectivity index (χ3v) is 8.88. The van der Waals surface area contributed by atoms with E-state index in [1.165, 1.54) is 18.2 Å². The lowest BCUT2D eigenvalue weighted by atomic mass is 9.92. The Morgan fingerprint density at radius 2 is 1.88 bits per heavy atom. The SMILES string of the molecule is C=C(O)c1cn(C2CC2)c2cc(N3CCC(COc4ccc(N5CCOC5=C)cc4F)(O[PH](=O)O)CC3)c(F)cc2c1=O. The Balaban J connectivity index is 1.22. The number of aliphatic hydroxyl groups is 1. The normalized spacial score (nSPS) is 19.0. The van der Waals surface area contributed by atoms with Gasteiger partial charge < -0.3 is 38.4 Å². The topological polar surface area (TPSA) is 114 Å². The van der Waals surface area contributed by atoms with Gasteiger partial charge in [0.25, 0.3) is 0 Å². The van der Waals surface area contributed by atoms with Crippen molar-refractivity contribution in [2.45, 2.75) is 37.3 Å². The predicted octanol–water partition coefficient (Wildman–Crippen LogP) is 5.27. The summed E-state index contributed by atoms with van der Waals surface area (Å²) < 4.78 is 60.7. The highest BCUT2D eigenvalue weighted by atomic mass is 31.1. The zero-order valence-electron chi connectivity index (χ0n) is 23.4. The van der Waals surface area contributed by atoms with Crippen LogP contribution in [0, 0.1) is 11.6 Å². The summed E-state index contributed by atoms with van der Waals surface area (Å²) in [5, 5.41) is 10.1. The lowest BCUT2D eigenvalue weighted by Crippen LogP contribution is -2.49. The van der Waals surface area contributed by atoms with Crippen LogP contribution in [-0.4, -0.2) is 53.0 Å². The molecule has 2 aliphatic heterocycles. The monoisotopic (exact) mass is 615 g/mol. The number of benzene rings is 2. The van der Waals surface area contributed by atoms with Crippen molar-refractivity contribution in [3.05, 3.63) is 83.0 Å². The first-order chi connectivity index (χ1) is 20.5. The summed E-state index contributed by atoms with van der Waals surface area (Å²) >= 11 is 0. The van der Waals surface area contributed by atoms with E-state index >= 15 is 4.39 Å². The van der Waals surface area contributed by atoms with Crippen molar-refractivity contribution in [3.63, 3.8) is 0 Å². The van der Waals surface area contributed by atoms with Crippen molar-refractivity contribution in [1.29, 1.82) is 0 Å². The molecule has 2 saturated heterocycles. The molecule has 0 spiro atoms. The minimum absolute atomic E-state index is 0.0345. The van der Waals surface area contributed by atoms with Crippen molar-refractivity contribution in [1.82, 2.24) is 4.57 Å². The largest absolute Gasteiger partial charge is 0.508 e. The Kier molecular flexibility index (Phi) is 7.70. The van der Waals surface area contributed by atoms with Crippen LogP contribution in [0.25, 0.3) is 16.7 Å². The standard InChI is InChI=1S/C30H32F2N3O7P/c1-18(36)23-16-35(20-3-4-20)26-15-27(24(31)14-22(26)29(23)37)33-9-7-30(8-10-33,42-43(38)39)17-41-28-6-5-21(13-25(28)32)34-11-12-40-19(34)2/h5-6,13-16,20,36,43H,1-4,7-12,17H2,(H,38,39). The van der Waals surface area contributed by atoms with Gasteiger partial charge in [0.2, 0.25) is 0 Å². The Morgan fingerprint density at radius 1 is 1.14 bits per heavy atom. The molecule has 13 heteroatoms. The number of hydrogen-bond donors (Lipinski definition) is 2. The fourth-order valence-electron chi connectivity index (χ4n) is 5.79. The molecule has 0 amide bonds. The Bertz CT molecular complexity index is 1700. The number of aromatic nitrogens is 1. The molecular formula is C30H32F2N3O7P. The van der Waals surface area contributed by atoms with E-state index in [0.29, 0.717) is 30.2 Å². The molecule has 2 aromatic carbocycles. The number of ether oxygens (including phenoxy) is 2. The van der Waals surface area contributed by atoms with E-state index in [0.717, 1.165) is 12.8 Å². The first kappa shape index (κ1) is 29.2. The molecule has 0 radical (unpaired) electrons. The van der Waals surface area contributed by atoms with Gasteiger partial charge in [-0.25, -0.2) is 8.78 Å². The molecule has 1 saturated carbocycles. The number of anilines is 2. The molecule has 43 heavy (non-hydrogen) atoms. The summed E-state index contributed by atoms with van der Waals surface area (Å²) in [5.41, 5.74) is -0.282. The second-order valence-electron chi connectivity index (χ2n) is 11.1. The van der Waals surface area contributed by atoms with Crippen molar-refractivity contribution >= 4 is 36.3 Å². The molecular weight excluding hydrogens is 583 g/mol. The van der Waals surface area contributed by atoms with E-state index < -0.39 is 30.9 Å². The summed E-state index contributed by atoms with van der Waals surface area (Å²) in [6, 6.07) is 7.41. The molecule has 3 heterocycles. The van der Waals surface area contributed by atoms with Gasteiger partial charge in [0.05, 0.1) is 23.3 Å². The number of fused-ring (bicyclic) bond motifs is 1. The summed E-state index contributed by atoms with van der Waals surface area (Å²) in [6.07, 6.45) is 3.77. The van der Waals surface area contributed by atoms with Crippen LogP contribution in [0.4, 0.5) is 20.2 Å². The fraction of sp³-hybridized carbons (Fsp3) is 0.367. The third kappa shape index (κ3) is 5.74. The molecule has 10 nitrogen and oxygen atoms in total. The van der Waals surface area contributed by atoms with E-state index in [4.69, 9.17) is 14.0 Å². The summed E-state index contributed by atoms with van der Waals surface area (Å²) in [7, 11) is -3.38. The maximum atomic E-state index is 15.5. The Labute approximate surface area is 246 Å². The molecule has 1 unspecified atom stereocenters. The van der Waals surface area contributed by atoms with Crippen LogP contribution >= 0.6 is 8.25 Å². The van der Waals surface area contributed by atoms with Gasteiger partial charge in [0.1, 0.15) is 30.4 Å². The molecule has 1 aliphatic carbocycles. The highest BCUT2D eigenvalue weighted by Crippen LogP contribution is 2.41. The minimum atomic E-state index is -3.38. The highest BCUT2D eigenvalue weighted by molar-refractivity contribution is 7.32. The highest BCUT2D eigenvalue weighted by Gasteiger charge is 2.39. The van der Waals surface area contributed by atoms with Crippen LogP contribution in [0.3, 0.4) is 0 Å². The van der Waals surface area contributed by atoms with Gasteiger partial charge >= 0.3 is 8.25 Å².